The van der Waals surface area contributed by atoms with Crippen molar-refractivity contribution in [3.63, 3.8) is 0 Å². The highest BCUT2D eigenvalue weighted by molar-refractivity contribution is 6.29. The SMILES string of the molecule is FC(F)(F)c1cc(Cl)nc(-c2cccc3cnccc23)c1. The van der Waals surface area contributed by atoms with Crippen molar-refractivity contribution in [1.29, 1.82) is 0 Å². The molecule has 1 aromatic carbocycles. The van der Waals surface area contributed by atoms with Crippen molar-refractivity contribution < 1.29 is 13.2 Å². The summed E-state index contributed by atoms with van der Waals surface area (Å²) in [6.07, 6.45) is -1.23. The minimum Gasteiger partial charge on any atom is -0.264 e. The summed E-state index contributed by atoms with van der Waals surface area (Å²) in [5.74, 6) is 0. The summed E-state index contributed by atoms with van der Waals surface area (Å²) in [5.41, 5.74) is -0.0434. The molecule has 0 saturated carbocycles. The van der Waals surface area contributed by atoms with Crippen molar-refractivity contribution >= 4 is 22.4 Å². The first kappa shape index (κ1) is 13.8. The molecule has 0 radical (unpaired) electrons. The maximum atomic E-state index is 12.9. The fraction of sp³-hybridized carbons (Fsp3) is 0.0667. The van der Waals surface area contributed by atoms with E-state index in [9.17, 15) is 13.2 Å². The van der Waals surface area contributed by atoms with Crippen LogP contribution in [0.3, 0.4) is 0 Å². The van der Waals surface area contributed by atoms with E-state index in [1.165, 1.54) is 0 Å². The van der Waals surface area contributed by atoms with E-state index in [-0.39, 0.29) is 10.8 Å². The highest BCUT2D eigenvalue weighted by Gasteiger charge is 2.31. The lowest BCUT2D eigenvalue weighted by Crippen LogP contribution is -2.05. The first-order chi connectivity index (χ1) is 9.95. The molecule has 0 unspecified atom stereocenters. The van der Waals surface area contributed by atoms with Gasteiger partial charge in [-0.1, -0.05) is 29.8 Å². The van der Waals surface area contributed by atoms with Crippen LogP contribution in [0.5, 0.6) is 0 Å². The Kier molecular flexibility index (Phi) is 3.29. The van der Waals surface area contributed by atoms with Crippen LogP contribution in [-0.4, -0.2) is 9.97 Å². The van der Waals surface area contributed by atoms with E-state index in [1.807, 2.05) is 6.07 Å². The Hall–Kier alpha value is -2.14. The molecule has 6 heteroatoms. The van der Waals surface area contributed by atoms with Crippen molar-refractivity contribution in [2.24, 2.45) is 0 Å². The molecule has 0 fully saturated rings. The van der Waals surface area contributed by atoms with E-state index < -0.39 is 11.7 Å². The number of hydrogen-bond acceptors (Lipinski definition) is 2. The van der Waals surface area contributed by atoms with Crippen molar-refractivity contribution in [3.8, 4) is 11.3 Å². The summed E-state index contributed by atoms with van der Waals surface area (Å²) >= 11 is 5.73. The third-order valence-corrected chi connectivity index (χ3v) is 3.27. The zero-order chi connectivity index (χ0) is 15.0. The Bertz CT molecular complexity index is 810. The largest absolute Gasteiger partial charge is 0.416 e. The molecule has 3 aromatic rings. The second-order valence-corrected chi connectivity index (χ2v) is 4.85. The van der Waals surface area contributed by atoms with Gasteiger partial charge in [0.05, 0.1) is 11.3 Å². The zero-order valence-corrected chi connectivity index (χ0v) is 11.3. The Morgan fingerprint density at radius 2 is 1.86 bits per heavy atom. The van der Waals surface area contributed by atoms with Gasteiger partial charge in [-0.2, -0.15) is 13.2 Å². The number of pyridine rings is 2. The van der Waals surface area contributed by atoms with Gasteiger partial charge in [-0.05, 0) is 23.6 Å². The van der Waals surface area contributed by atoms with Gasteiger partial charge in [0.1, 0.15) is 5.15 Å². The van der Waals surface area contributed by atoms with Crippen molar-refractivity contribution in [3.05, 3.63) is 59.5 Å². The van der Waals surface area contributed by atoms with Crippen LogP contribution in [0.15, 0.2) is 48.8 Å². The second kappa shape index (κ2) is 5.00. The van der Waals surface area contributed by atoms with E-state index >= 15 is 0 Å². The maximum absolute atomic E-state index is 12.9. The Morgan fingerprint density at radius 3 is 2.62 bits per heavy atom. The number of rotatable bonds is 1. The van der Waals surface area contributed by atoms with Crippen molar-refractivity contribution in [2.45, 2.75) is 6.18 Å². The van der Waals surface area contributed by atoms with Gasteiger partial charge in [-0.3, -0.25) is 4.98 Å². The number of nitrogens with zero attached hydrogens (tertiary/aromatic N) is 2. The topological polar surface area (TPSA) is 25.8 Å². The second-order valence-electron chi connectivity index (χ2n) is 4.46. The van der Waals surface area contributed by atoms with Gasteiger partial charge in [-0.25, -0.2) is 4.98 Å². The molecule has 21 heavy (non-hydrogen) atoms. The first-order valence-electron chi connectivity index (χ1n) is 6.03. The van der Waals surface area contributed by atoms with E-state index in [0.29, 0.717) is 5.56 Å². The molecule has 0 aliphatic rings. The van der Waals surface area contributed by atoms with Crippen molar-refractivity contribution in [2.75, 3.05) is 0 Å². The van der Waals surface area contributed by atoms with Gasteiger partial charge in [0.25, 0.3) is 0 Å². The molecule has 0 aliphatic heterocycles. The van der Waals surface area contributed by atoms with Crippen LogP contribution in [0.2, 0.25) is 5.15 Å². The summed E-state index contributed by atoms with van der Waals surface area (Å²) in [4.78, 5) is 8.01. The third-order valence-electron chi connectivity index (χ3n) is 3.08. The zero-order valence-electron chi connectivity index (χ0n) is 10.5. The van der Waals surface area contributed by atoms with E-state index in [4.69, 9.17) is 11.6 Å². The number of fused-ring (bicyclic) bond motifs is 1. The van der Waals surface area contributed by atoms with Crippen LogP contribution in [0.4, 0.5) is 13.2 Å². The predicted octanol–water partition coefficient (Wildman–Crippen LogP) is 4.97. The smallest absolute Gasteiger partial charge is 0.264 e. The van der Waals surface area contributed by atoms with Gasteiger partial charge in [0.15, 0.2) is 0 Å². The van der Waals surface area contributed by atoms with Gasteiger partial charge in [-0.15, -0.1) is 0 Å². The number of halogens is 4. The average Bonchev–Trinajstić information content (AvgIpc) is 2.45. The minimum atomic E-state index is -4.46. The maximum Gasteiger partial charge on any atom is 0.416 e. The van der Waals surface area contributed by atoms with Crippen LogP contribution in [0.25, 0.3) is 22.0 Å². The molecule has 106 valence electrons. The van der Waals surface area contributed by atoms with Gasteiger partial charge in [0, 0.05) is 23.3 Å². The average molecular weight is 309 g/mol. The molecule has 3 rings (SSSR count). The van der Waals surface area contributed by atoms with Gasteiger partial charge < -0.3 is 0 Å². The molecule has 0 bridgehead atoms. The molecule has 0 amide bonds. The number of benzene rings is 1. The van der Waals surface area contributed by atoms with E-state index in [1.54, 1.807) is 30.6 Å². The third kappa shape index (κ3) is 2.69. The summed E-state index contributed by atoms with van der Waals surface area (Å²) in [5, 5.41) is 1.41. The molecule has 0 saturated heterocycles. The first-order valence-corrected chi connectivity index (χ1v) is 6.41. The Morgan fingerprint density at radius 1 is 1.05 bits per heavy atom. The van der Waals surface area contributed by atoms with E-state index in [0.717, 1.165) is 22.9 Å². The van der Waals surface area contributed by atoms with E-state index in [2.05, 4.69) is 9.97 Å². The highest BCUT2D eigenvalue weighted by Crippen LogP contribution is 2.35. The van der Waals surface area contributed by atoms with Crippen molar-refractivity contribution in [1.82, 2.24) is 9.97 Å². The lowest BCUT2D eigenvalue weighted by atomic mass is 10.0. The quantitative estimate of drug-likeness (QED) is 0.593. The van der Waals surface area contributed by atoms with Crippen LogP contribution in [0, 0.1) is 0 Å². The molecular formula is C15H8ClF3N2. The molecule has 2 nitrogen and oxygen atoms in total. The van der Waals surface area contributed by atoms with Crippen LogP contribution >= 0.6 is 11.6 Å². The monoisotopic (exact) mass is 308 g/mol. The number of alkyl halides is 3. The summed E-state index contributed by atoms with van der Waals surface area (Å²) in [6.45, 7) is 0. The standard InChI is InChI=1S/C15H8ClF3N2/c16-14-7-10(15(17,18)19)6-13(21-14)12-3-1-2-9-8-20-5-4-11(9)12/h1-8H. The lowest BCUT2D eigenvalue weighted by molar-refractivity contribution is -0.137. The Balaban J connectivity index is 2.26. The summed E-state index contributed by atoms with van der Waals surface area (Å²) < 4.78 is 38.6. The van der Waals surface area contributed by atoms with Crippen LogP contribution < -0.4 is 0 Å². The van der Waals surface area contributed by atoms with Crippen LogP contribution in [-0.2, 0) is 6.18 Å². The summed E-state index contributed by atoms with van der Waals surface area (Å²) in [6, 6.07) is 8.84. The Labute approximate surface area is 123 Å². The summed E-state index contributed by atoms with van der Waals surface area (Å²) in [7, 11) is 0. The molecule has 2 heterocycles. The van der Waals surface area contributed by atoms with Crippen LogP contribution in [0.1, 0.15) is 5.56 Å². The molecule has 0 aliphatic carbocycles. The fourth-order valence-electron chi connectivity index (χ4n) is 2.14. The predicted molar refractivity (Wildman–Crippen MR) is 75.0 cm³/mol. The molecule has 0 atom stereocenters. The molecule has 0 N–H and O–H groups in total. The fourth-order valence-corrected chi connectivity index (χ4v) is 2.35. The molecule has 2 aromatic heterocycles. The highest BCUT2D eigenvalue weighted by atomic mass is 35.5. The number of aromatic nitrogens is 2. The molecule has 0 spiro atoms. The van der Waals surface area contributed by atoms with Gasteiger partial charge >= 0.3 is 6.18 Å². The number of hydrogen-bond donors (Lipinski definition) is 0. The molecular weight excluding hydrogens is 301 g/mol. The minimum absolute atomic E-state index is 0.187. The van der Waals surface area contributed by atoms with Gasteiger partial charge in [0.2, 0.25) is 0 Å². The normalized spacial score (nSPS) is 11.8. The lowest BCUT2D eigenvalue weighted by Gasteiger charge is -2.11.